The van der Waals surface area contributed by atoms with Gasteiger partial charge in [0, 0.05) is 37.9 Å². The summed E-state index contributed by atoms with van der Waals surface area (Å²) in [6.45, 7) is 8.08. The highest BCUT2D eigenvalue weighted by Gasteiger charge is 2.45. The highest BCUT2D eigenvalue weighted by atomic mass is 16.2. The molecule has 1 aliphatic carbocycles. The van der Waals surface area contributed by atoms with Crippen LogP contribution in [-0.4, -0.2) is 58.1 Å². The number of hydrogen-bond acceptors (Lipinski definition) is 3. The number of amides is 1. The SMILES string of the molecule is Cc1n[nH]c(C)c1C(=O)N1CC2CN(C3CC3)CC2C1. The molecule has 0 bridgehead atoms. The molecule has 0 aromatic carbocycles. The van der Waals surface area contributed by atoms with Crippen LogP contribution >= 0.6 is 0 Å². The van der Waals surface area contributed by atoms with Gasteiger partial charge in [-0.15, -0.1) is 0 Å². The van der Waals surface area contributed by atoms with Crippen molar-refractivity contribution >= 4 is 5.91 Å². The quantitative estimate of drug-likeness (QED) is 0.881. The first-order valence-electron chi connectivity index (χ1n) is 7.68. The zero-order valence-electron chi connectivity index (χ0n) is 12.2. The van der Waals surface area contributed by atoms with Crippen molar-refractivity contribution in [2.75, 3.05) is 26.2 Å². The number of aromatic nitrogens is 2. The molecule has 3 heterocycles. The van der Waals surface area contributed by atoms with Gasteiger partial charge in [-0.3, -0.25) is 14.8 Å². The first-order chi connectivity index (χ1) is 9.63. The van der Waals surface area contributed by atoms with Crippen LogP contribution in [0.1, 0.15) is 34.6 Å². The molecule has 1 aromatic rings. The summed E-state index contributed by atoms with van der Waals surface area (Å²) in [6.07, 6.45) is 2.77. The van der Waals surface area contributed by atoms with E-state index >= 15 is 0 Å². The smallest absolute Gasteiger partial charge is 0.257 e. The Bertz CT molecular complexity index is 515. The summed E-state index contributed by atoms with van der Waals surface area (Å²) in [5.74, 6) is 1.54. The second kappa shape index (κ2) is 4.32. The van der Waals surface area contributed by atoms with Gasteiger partial charge < -0.3 is 4.90 Å². The summed E-state index contributed by atoms with van der Waals surface area (Å²) in [4.78, 5) is 17.4. The Morgan fingerprint density at radius 1 is 1.15 bits per heavy atom. The van der Waals surface area contributed by atoms with Crippen LogP contribution in [-0.2, 0) is 0 Å². The fraction of sp³-hybridized carbons (Fsp3) is 0.733. The molecule has 2 atom stereocenters. The normalized spacial score (nSPS) is 30.0. The number of carbonyl (C=O) groups excluding carboxylic acids is 1. The fourth-order valence-corrected chi connectivity index (χ4v) is 3.96. The van der Waals surface area contributed by atoms with Crippen LogP contribution in [0, 0.1) is 25.7 Å². The molecule has 108 valence electrons. The number of likely N-dealkylation sites (tertiary alicyclic amines) is 2. The van der Waals surface area contributed by atoms with E-state index in [0.29, 0.717) is 11.8 Å². The van der Waals surface area contributed by atoms with Gasteiger partial charge in [-0.25, -0.2) is 0 Å². The second-order valence-corrected chi connectivity index (χ2v) is 6.72. The summed E-state index contributed by atoms with van der Waals surface area (Å²) in [5, 5.41) is 7.06. The molecule has 5 heteroatoms. The lowest BCUT2D eigenvalue weighted by Gasteiger charge is -2.21. The number of fused-ring (bicyclic) bond motifs is 1. The lowest BCUT2D eigenvalue weighted by Crippen LogP contribution is -2.34. The molecule has 1 saturated carbocycles. The summed E-state index contributed by atoms with van der Waals surface area (Å²) in [5.41, 5.74) is 2.50. The summed E-state index contributed by atoms with van der Waals surface area (Å²) in [7, 11) is 0. The zero-order chi connectivity index (χ0) is 13.9. The van der Waals surface area contributed by atoms with Crippen molar-refractivity contribution in [3.8, 4) is 0 Å². The minimum absolute atomic E-state index is 0.168. The lowest BCUT2D eigenvalue weighted by molar-refractivity contribution is 0.0772. The van der Waals surface area contributed by atoms with Crippen molar-refractivity contribution in [1.82, 2.24) is 20.0 Å². The Kier molecular flexibility index (Phi) is 2.67. The molecule has 1 aromatic heterocycles. The maximum absolute atomic E-state index is 12.7. The highest BCUT2D eigenvalue weighted by Crippen LogP contribution is 2.38. The van der Waals surface area contributed by atoms with Crippen LogP contribution in [0.3, 0.4) is 0 Å². The average Bonchev–Trinajstić information content (AvgIpc) is 2.94. The third kappa shape index (κ3) is 1.87. The van der Waals surface area contributed by atoms with E-state index in [9.17, 15) is 4.79 Å². The van der Waals surface area contributed by atoms with E-state index in [0.717, 1.165) is 36.1 Å². The molecule has 2 aliphatic heterocycles. The van der Waals surface area contributed by atoms with Crippen molar-refractivity contribution in [2.24, 2.45) is 11.8 Å². The Balaban J connectivity index is 1.46. The molecular formula is C15H22N4O. The minimum atomic E-state index is 0.168. The molecule has 2 saturated heterocycles. The number of nitrogens with zero attached hydrogens (tertiary/aromatic N) is 3. The Morgan fingerprint density at radius 2 is 1.80 bits per heavy atom. The van der Waals surface area contributed by atoms with E-state index in [1.165, 1.54) is 25.9 Å². The highest BCUT2D eigenvalue weighted by molar-refractivity contribution is 5.96. The van der Waals surface area contributed by atoms with Gasteiger partial charge in [-0.2, -0.15) is 5.10 Å². The number of H-pyrrole nitrogens is 1. The van der Waals surface area contributed by atoms with Crippen molar-refractivity contribution in [2.45, 2.75) is 32.7 Å². The maximum atomic E-state index is 12.7. The van der Waals surface area contributed by atoms with Crippen LogP contribution in [0.5, 0.6) is 0 Å². The van der Waals surface area contributed by atoms with Gasteiger partial charge in [0.25, 0.3) is 5.91 Å². The van der Waals surface area contributed by atoms with E-state index < -0.39 is 0 Å². The Hall–Kier alpha value is -1.36. The molecule has 4 rings (SSSR count). The monoisotopic (exact) mass is 274 g/mol. The number of hydrogen-bond donors (Lipinski definition) is 1. The van der Waals surface area contributed by atoms with Crippen LogP contribution in [0.2, 0.25) is 0 Å². The molecule has 0 radical (unpaired) electrons. The van der Waals surface area contributed by atoms with Crippen LogP contribution < -0.4 is 0 Å². The average molecular weight is 274 g/mol. The van der Waals surface area contributed by atoms with Gasteiger partial charge in [-0.05, 0) is 38.5 Å². The largest absolute Gasteiger partial charge is 0.338 e. The molecule has 20 heavy (non-hydrogen) atoms. The van der Waals surface area contributed by atoms with E-state index in [1.54, 1.807) is 0 Å². The summed E-state index contributed by atoms with van der Waals surface area (Å²) >= 11 is 0. The predicted molar refractivity (Wildman–Crippen MR) is 75.5 cm³/mol. The number of nitrogens with one attached hydrogen (secondary N) is 1. The van der Waals surface area contributed by atoms with Crippen LogP contribution in [0.4, 0.5) is 0 Å². The first-order valence-corrected chi connectivity index (χ1v) is 7.68. The van der Waals surface area contributed by atoms with Gasteiger partial charge in [0.15, 0.2) is 0 Å². The standard InChI is InChI=1S/C15H22N4O/c1-9-14(10(2)17-16-9)15(20)19-7-11-5-18(13-3-4-13)6-12(11)8-19/h11-13H,3-8H2,1-2H3,(H,16,17). The third-order valence-electron chi connectivity index (χ3n) is 5.21. The summed E-state index contributed by atoms with van der Waals surface area (Å²) < 4.78 is 0. The molecule has 0 spiro atoms. The fourth-order valence-electron chi connectivity index (χ4n) is 3.96. The van der Waals surface area contributed by atoms with Gasteiger partial charge in [0.2, 0.25) is 0 Å². The predicted octanol–water partition coefficient (Wildman–Crippen LogP) is 1.19. The maximum Gasteiger partial charge on any atom is 0.257 e. The van der Waals surface area contributed by atoms with E-state index in [4.69, 9.17) is 0 Å². The third-order valence-corrected chi connectivity index (χ3v) is 5.21. The molecule has 1 amide bonds. The number of aryl methyl sites for hydroxylation is 2. The van der Waals surface area contributed by atoms with Gasteiger partial charge >= 0.3 is 0 Å². The molecule has 5 nitrogen and oxygen atoms in total. The van der Waals surface area contributed by atoms with E-state index in [1.807, 2.05) is 18.7 Å². The number of carbonyl (C=O) groups is 1. The van der Waals surface area contributed by atoms with Gasteiger partial charge in [0.05, 0.1) is 11.3 Å². The summed E-state index contributed by atoms with van der Waals surface area (Å²) in [6, 6.07) is 0.864. The van der Waals surface area contributed by atoms with Crippen molar-refractivity contribution < 1.29 is 4.79 Å². The zero-order valence-corrected chi connectivity index (χ0v) is 12.2. The van der Waals surface area contributed by atoms with Crippen LogP contribution in [0.25, 0.3) is 0 Å². The number of rotatable bonds is 2. The van der Waals surface area contributed by atoms with Crippen molar-refractivity contribution in [3.63, 3.8) is 0 Å². The van der Waals surface area contributed by atoms with Crippen molar-refractivity contribution in [1.29, 1.82) is 0 Å². The topological polar surface area (TPSA) is 52.2 Å². The van der Waals surface area contributed by atoms with Crippen LogP contribution in [0.15, 0.2) is 0 Å². The van der Waals surface area contributed by atoms with Gasteiger partial charge in [0.1, 0.15) is 0 Å². The molecular weight excluding hydrogens is 252 g/mol. The van der Waals surface area contributed by atoms with E-state index in [-0.39, 0.29) is 5.91 Å². The number of aromatic amines is 1. The molecule has 2 unspecified atom stereocenters. The molecule has 1 N–H and O–H groups in total. The Morgan fingerprint density at radius 3 is 2.30 bits per heavy atom. The molecule has 3 aliphatic rings. The lowest BCUT2D eigenvalue weighted by atomic mass is 10.0. The minimum Gasteiger partial charge on any atom is -0.338 e. The molecule has 3 fully saturated rings. The Labute approximate surface area is 119 Å². The van der Waals surface area contributed by atoms with Crippen molar-refractivity contribution in [3.05, 3.63) is 17.0 Å². The van der Waals surface area contributed by atoms with Gasteiger partial charge in [-0.1, -0.05) is 0 Å². The second-order valence-electron chi connectivity index (χ2n) is 6.72. The first kappa shape index (κ1) is 12.4. The van der Waals surface area contributed by atoms with E-state index in [2.05, 4.69) is 15.1 Å².